The Morgan fingerprint density at radius 3 is 2.33 bits per heavy atom. The van der Waals surface area contributed by atoms with Gasteiger partial charge in [-0.25, -0.2) is 9.59 Å². The van der Waals surface area contributed by atoms with E-state index < -0.39 is 24.0 Å². The Morgan fingerprint density at radius 1 is 1.03 bits per heavy atom. The molecular weight excluding hydrogens is 388 g/mol. The molecule has 8 nitrogen and oxygen atoms in total. The van der Waals surface area contributed by atoms with E-state index in [1.54, 1.807) is 30.3 Å². The molecule has 1 aromatic carbocycles. The number of imide groups is 1. The average Bonchev–Trinajstić information content (AvgIpc) is 3.40. The van der Waals surface area contributed by atoms with Gasteiger partial charge in [0.05, 0.1) is 0 Å². The number of carbonyl (C=O) groups excluding carboxylic acids is 4. The molecule has 3 rings (SSSR count). The quantitative estimate of drug-likeness (QED) is 0.555. The third-order valence-corrected chi connectivity index (χ3v) is 4.96. The summed E-state index contributed by atoms with van der Waals surface area (Å²) in [5.74, 6) is -1.24. The molecule has 30 heavy (non-hydrogen) atoms. The van der Waals surface area contributed by atoms with Gasteiger partial charge in [-0.15, -0.1) is 0 Å². The standard InChI is InChI=1S/C22H24N2O6/c1-13(25)15-7-9-16(10-8-15)18-11-12-19(30-18)21(27)29-14(2)20(26)24-22(28)23-17-5-3-4-6-17/h7-12,14,17H,3-6H2,1-2H3,(H2,23,24,26,28)/t14-/m1/s1. The molecule has 1 atom stereocenters. The van der Waals surface area contributed by atoms with Gasteiger partial charge in [-0.1, -0.05) is 37.1 Å². The maximum atomic E-state index is 12.3. The highest BCUT2D eigenvalue weighted by atomic mass is 16.6. The summed E-state index contributed by atoms with van der Waals surface area (Å²) in [4.78, 5) is 47.6. The molecule has 1 saturated carbocycles. The number of esters is 1. The first-order valence-electron chi connectivity index (χ1n) is 9.87. The van der Waals surface area contributed by atoms with Crippen molar-refractivity contribution in [1.29, 1.82) is 0 Å². The summed E-state index contributed by atoms with van der Waals surface area (Å²) in [7, 11) is 0. The number of hydrogen-bond acceptors (Lipinski definition) is 6. The van der Waals surface area contributed by atoms with Crippen LogP contribution < -0.4 is 10.6 Å². The first kappa shape index (κ1) is 21.3. The van der Waals surface area contributed by atoms with E-state index in [0.717, 1.165) is 25.7 Å². The Balaban J connectivity index is 1.54. The summed E-state index contributed by atoms with van der Waals surface area (Å²) in [5, 5.41) is 4.92. The van der Waals surface area contributed by atoms with Crippen LogP contribution in [0.4, 0.5) is 4.79 Å². The average molecular weight is 412 g/mol. The topological polar surface area (TPSA) is 115 Å². The molecular formula is C22H24N2O6. The third kappa shape index (κ3) is 5.34. The minimum atomic E-state index is -1.17. The van der Waals surface area contributed by atoms with Crippen LogP contribution in [0.25, 0.3) is 11.3 Å². The molecule has 1 heterocycles. The minimum Gasteiger partial charge on any atom is -0.449 e. The Hall–Kier alpha value is -3.42. The Labute approximate surface area is 174 Å². The highest BCUT2D eigenvalue weighted by Crippen LogP contribution is 2.23. The van der Waals surface area contributed by atoms with Gasteiger partial charge in [-0.05, 0) is 38.8 Å². The van der Waals surface area contributed by atoms with Gasteiger partial charge in [-0.3, -0.25) is 14.9 Å². The summed E-state index contributed by atoms with van der Waals surface area (Å²) in [6.07, 6.45) is 2.72. The van der Waals surface area contributed by atoms with Gasteiger partial charge in [0.2, 0.25) is 5.76 Å². The molecule has 8 heteroatoms. The van der Waals surface area contributed by atoms with Crippen LogP contribution in [0.3, 0.4) is 0 Å². The summed E-state index contributed by atoms with van der Waals surface area (Å²) in [6.45, 7) is 2.85. The van der Waals surface area contributed by atoms with Crippen LogP contribution in [0.5, 0.6) is 0 Å². The highest BCUT2D eigenvalue weighted by molar-refractivity contribution is 5.98. The second-order valence-corrected chi connectivity index (χ2v) is 7.29. The zero-order valence-corrected chi connectivity index (χ0v) is 16.9. The molecule has 158 valence electrons. The van der Waals surface area contributed by atoms with E-state index >= 15 is 0 Å². The van der Waals surface area contributed by atoms with E-state index in [9.17, 15) is 19.2 Å². The van der Waals surface area contributed by atoms with Gasteiger partial charge in [0.25, 0.3) is 5.91 Å². The van der Waals surface area contributed by atoms with Crippen LogP contribution in [0.15, 0.2) is 40.8 Å². The van der Waals surface area contributed by atoms with Crippen molar-refractivity contribution in [3.63, 3.8) is 0 Å². The number of urea groups is 1. The largest absolute Gasteiger partial charge is 0.449 e. The van der Waals surface area contributed by atoms with Crippen molar-refractivity contribution in [2.75, 3.05) is 0 Å². The van der Waals surface area contributed by atoms with Crippen molar-refractivity contribution >= 4 is 23.7 Å². The summed E-state index contributed by atoms with van der Waals surface area (Å²) < 4.78 is 10.6. The van der Waals surface area contributed by atoms with Crippen molar-refractivity contribution < 1.29 is 28.3 Å². The zero-order valence-electron chi connectivity index (χ0n) is 16.9. The van der Waals surface area contributed by atoms with Crippen molar-refractivity contribution in [1.82, 2.24) is 10.6 Å². The van der Waals surface area contributed by atoms with Gasteiger partial charge in [-0.2, -0.15) is 0 Å². The summed E-state index contributed by atoms with van der Waals surface area (Å²) >= 11 is 0. The molecule has 1 aliphatic rings. The second-order valence-electron chi connectivity index (χ2n) is 7.29. The smallest absolute Gasteiger partial charge is 0.375 e. The lowest BCUT2D eigenvalue weighted by Gasteiger charge is -2.15. The van der Waals surface area contributed by atoms with Gasteiger partial charge in [0.1, 0.15) is 5.76 Å². The SMILES string of the molecule is CC(=O)c1ccc(-c2ccc(C(=O)O[C@H](C)C(=O)NC(=O)NC3CCCC3)o2)cc1. The van der Waals surface area contributed by atoms with Crippen LogP contribution in [0.2, 0.25) is 0 Å². The molecule has 0 spiro atoms. The van der Waals surface area contributed by atoms with Crippen LogP contribution in [-0.4, -0.2) is 35.8 Å². The Bertz CT molecular complexity index is 941. The first-order chi connectivity index (χ1) is 14.3. The molecule has 3 amide bonds. The molecule has 2 N–H and O–H groups in total. The van der Waals surface area contributed by atoms with Crippen molar-refractivity contribution in [3.05, 3.63) is 47.7 Å². The molecule has 1 fully saturated rings. The number of amides is 3. The van der Waals surface area contributed by atoms with Crippen molar-refractivity contribution in [2.45, 2.75) is 51.7 Å². The van der Waals surface area contributed by atoms with E-state index in [1.807, 2.05) is 0 Å². The lowest BCUT2D eigenvalue weighted by Crippen LogP contribution is -2.47. The summed E-state index contributed by atoms with van der Waals surface area (Å²) in [6, 6.07) is 9.27. The molecule has 0 aliphatic heterocycles. The molecule has 0 radical (unpaired) electrons. The van der Waals surface area contributed by atoms with Gasteiger partial charge in [0.15, 0.2) is 11.9 Å². The van der Waals surface area contributed by atoms with Crippen LogP contribution in [-0.2, 0) is 9.53 Å². The number of nitrogens with one attached hydrogen (secondary N) is 2. The highest BCUT2D eigenvalue weighted by Gasteiger charge is 2.24. The zero-order chi connectivity index (χ0) is 21.7. The first-order valence-corrected chi connectivity index (χ1v) is 9.87. The number of ketones is 1. The van der Waals surface area contributed by atoms with E-state index in [0.29, 0.717) is 16.9 Å². The van der Waals surface area contributed by atoms with Crippen molar-refractivity contribution in [3.8, 4) is 11.3 Å². The number of ether oxygens (including phenoxy) is 1. The number of Topliss-reactive ketones (excluding diaryl/α,β-unsaturated/α-hetero) is 1. The maximum absolute atomic E-state index is 12.3. The second kappa shape index (κ2) is 9.39. The third-order valence-electron chi connectivity index (χ3n) is 4.96. The number of rotatable bonds is 6. The number of hydrogen-bond donors (Lipinski definition) is 2. The molecule has 1 aromatic heterocycles. The van der Waals surface area contributed by atoms with Crippen LogP contribution in [0, 0.1) is 0 Å². The van der Waals surface area contributed by atoms with E-state index in [2.05, 4.69) is 10.6 Å². The number of carbonyl (C=O) groups is 4. The normalized spacial score (nSPS) is 14.7. The van der Waals surface area contributed by atoms with E-state index in [1.165, 1.54) is 19.9 Å². The fraction of sp³-hybridized carbons (Fsp3) is 0.364. The van der Waals surface area contributed by atoms with Gasteiger partial charge >= 0.3 is 12.0 Å². The Kier molecular flexibility index (Phi) is 6.66. The predicted molar refractivity (Wildman–Crippen MR) is 108 cm³/mol. The lowest BCUT2D eigenvalue weighted by atomic mass is 10.1. The van der Waals surface area contributed by atoms with Gasteiger partial charge < -0.3 is 14.5 Å². The maximum Gasteiger partial charge on any atom is 0.375 e. The van der Waals surface area contributed by atoms with E-state index in [-0.39, 0.29) is 17.6 Å². The number of benzene rings is 1. The van der Waals surface area contributed by atoms with Gasteiger partial charge in [0, 0.05) is 17.2 Å². The molecule has 0 bridgehead atoms. The fourth-order valence-electron chi connectivity index (χ4n) is 3.25. The molecule has 0 saturated heterocycles. The number of furan rings is 1. The van der Waals surface area contributed by atoms with Crippen LogP contribution in [0.1, 0.15) is 60.4 Å². The molecule has 0 unspecified atom stereocenters. The van der Waals surface area contributed by atoms with Crippen molar-refractivity contribution in [2.24, 2.45) is 0 Å². The summed E-state index contributed by atoms with van der Waals surface area (Å²) in [5.41, 5.74) is 1.26. The molecule has 1 aliphatic carbocycles. The fourth-order valence-corrected chi connectivity index (χ4v) is 3.25. The molecule has 2 aromatic rings. The van der Waals surface area contributed by atoms with Crippen LogP contribution >= 0.6 is 0 Å². The minimum absolute atomic E-state index is 0.0468. The predicted octanol–water partition coefficient (Wildman–Crippen LogP) is 3.46. The van der Waals surface area contributed by atoms with E-state index in [4.69, 9.17) is 9.15 Å². The monoisotopic (exact) mass is 412 g/mol. The Morgan fingerprint density at radius 2 is 1.70 bits per heavy atom. The lowest BCUT2D eigenvalue weighted by molar-refractivity contribution is -0.128.